The van der Waals surface area contributed by atoms with Gasteiger partial charge in [-0.3, -0.25) is 4.79 Å². The normalized spacial score (nSPS) is 14.9. The van der Waals surface area contributed by atoms with Crippen LogP contribution in [0.1, 0.15) is 26.2 Å². The number of rotatable bonds is 8. The van der Waals surface area contributed by atoms with E-state index < -0.39 is 10.0 Å². The first kappa shape index (κ1) is 15.9. The lowest BCUT2D eigenvalue weighted by Crippen LogP contribution is -2.25. The van der Waals surface area contributed by atoms with Crippen molar-refractivity contribution in [2.75, 3.05) is 18.4 Å². The number of benzene rings is 1. The van der Waals surface area contributed by atoms with Crippen LogP contribution in [0.4, 0.5) is 5.69 Å². The highest BCUT2D eigenvalue weighted by molar-refractivity contribution is 7.89. The van der Waals surface area contributed by atoms with Crippen molar-refractivity contribution in [2.24, 2.45) is 0 Å². The zero-order valence-corrected chi connectivity index (χ0v) is 12.9. The smallest absolute Gasteiger partial charge is 0.240 e. The zero-order valence-electron chi connectivity index (χ0n) is 12.1. The predicted octanol–water partition coefficient (Wildman–Crippen LogP) is 1.07. The van der Waals surface area contributed by atoms with E-state index in [0.717, 1.165) is 19.4 Å². The molecule has 0 bridgehead atoms. The Morgan fingerprint density at radius 3 is 2.48 bits per heavy atom. The summed E-state index contributed by atoms with van der Waals surface area (Å²) >= 11 is 0. The summed E-state index contributed by atoms with van der Waals surface area (Å²) in [6.07, 6.45) is 2.19. The number of hydrogen-bond acceptors (Lipinski definition) is 4. The molecule has 1 aromatic carbocycles. The summed E-state index contributed by atoms with van der Waals surface area (Å²) < 4.78 is 26.6. The molecule has 0 heterocycles. The van der Waals surface area contributed by atoms with Crippen molar-refractivity contribution < 1.29 is 13.2 Å². The Hall–Kier alpha value is -1.44. The van der Waals surface area contributed by atoms with E-state index in [-0.39, 0.29) is 16.8 Å². The molecule has 0 aliphatic heterocycles. The van der Waals surface area contributed by atoms with Gasteiger partial charge in [0.2, 0.25) is 15.9 Å². The molecule has 0 unspecified atom stereocenters. The Bertz CT molecular complexity index is 580. The van der Waals surface area contributed by atoms with Crippen molar-refractivity contribution in [1.82, 2.24) is 10.0 Å². The van der Waals surface area contributed by atoms with E-state index in [9.17, 15) is 13.2 Å². The van der Waals surface area contributed by atoms with Gasteiger partial charge < -0.3 is 10.6 Å². The second kappa shape index (κ2) is 7.02. The van der Waals surface area contributed by atoms with Crippen LogP contribution in [0, 0.1) is 0 Å². The quantitative estimate of drug-likeness (QED) is 0.627. The number of amides is 1. The number of carbonyl (C=O) groups excluding carboxylic acids is 1. The molecule has 7 heteroatoms. The maximum absolute atomic E-state index is 12.0. The van der Waals surface area contributed by atoms with Crippen molar-refractivity contribution in [2.45, 2.75) is 37.1 Å². The van der Waals surface area contributed by atoms with E-state index in [2.05, 4.69) is 15.4 Å². The standard InChI is InChI=1S/C14H21N3O3S/c1-2-15-10-9-14(18)16-11-5-7-13(8-6-11)21(19,20)17-12-3-4-12/h5-8,12,15,17H,2-4,9-10H2,1H3,(H,16,18). The largest absolute Gasteiger partial charge is 0.326 e. The van der Waals surface area contributed by atoms with Gasteiger partial charge in [0, 0.05) is 24.7 Å². The fourth-order valence-electron chi connectivity index (χ4n) is 1.81. The molecule has 1 fully saturated rings. The highest BCUT2D eigenvalue weighted by Crippen LogP contribution is 2.22. The first-order valence-corrected chi connectivity index (χ1v) is 8.62. The van der Waals surface area contributed by atoms with Gasteiger partial charge in [-0.1, -0.05) is 6.92 Å². The molecule has 116 valence electrons. The molecule has 1 aromatic rings. The van der Waals surface area contributed by atoms with Crippen LogP contribution in [-0.2, 0) is 14.8 Å². The first-order valence-electron chi connectivity index (χ1n) is 7.14. The third-order valence-electron chi connectivity index (χ3n) is 3.13. The zero-order chi connectivity index (χ0) is 15.3. The van der Waals surface area contributed by atoms with Crippen molar-refractivity contribution in [3.63, 3.8) is 0 Å². The summed E-state index contributed by atoms with van der Waals surface area (Å²) in [6.45, 7) is 3.43. The summed E-state index contributed by atoms with van der Waals surface area (Å²) in [5.74, 6) is -0.0948. The molecule has 1 amide bonds. The molecule has 2 rings (SSSR count). The molecule has 0 atom stereocenters. The van der Waals surface area contributed by atoms with E-state index in [4.69, 9.17) is 0 Å². The molecule has 1 saturated carbocycles. The van der Waals surface area contributed by atoms with Crippen LogP contribution < -0.4 is 15.4 Å². The number of hydrogen-bond donors (Lipinski definition) is 3. The van der Waals surface area contributed by atoms with Crippen LogP contribution in [0.15, 0.2) is 29.2 Å². The van der Waals surface area contributed by atoms with Gasteiger partial charge in [-0.15, -0.1) is 0 Å². The van der Waals surface area contributed by atoms with Gasteiger partial charge in [0.25, 0.3) is 0 Å². The highest BCUT2D eigenvalue weighted by Gasteiger charge is 2.27. The number of sulfonamides is 1. The Kier molecular flexibility index (Phi) is 5.33. The molecule has 0 saturated heterocycles. The summed E-state index contributed by atoms with van der Waals surface area (Å²) in [5, 5.41) is 5.81. The Labute approximate surface area is 125 Å². The first-order chi connectivity index (χ1) is 10.0. The van der Waals surface area contributed by atoms with Gasteiger partial charge in [0.1, 0.15) is 0 Å². The molecule has 6 nitrogen and oxygen atoms in total. The average molecular weight is 311 g/mol. The van der Waals surface area contributed by atoms with Crippen LogP contribution in [0.25, 0.3) is 0 Å². The molecular formula is C14H21N3O3S. The molecular weight excluding hydrogens is 290 g/mol. The minimum absolute atomic E-state index is 0.0837. The Morgan fingerprint density at radius 1 is 1.24 bits per heavy atom. The lowest BCUT2D eigenvalue weighted by atomic mass is 10.3. The van der Waals surface area contributed by atoms with Crippen LogP contribution in [0.3, 0.4) is 0 Å². The van der Waals surface area contributed by atoms with Crippen molar-refractivity contribution in [3.8, 4) is 0 Å². The lowest BCUT2D eigenvalue weighted by Gasteiger charge is -2.08. The molecule has 0 aromatic heterocycles. The minimum Gasteiger partial charge on any atom is -0.326 e. The topological polar surface area (TPSA) is 87.3 Å². The summed E-state index contributed by atoms with van der Waals surface area (Å²) in [7, 11) is -3.43. The fraction of sp³-hybridized carbons (Fsp3) is 0.500. The van der Waals surface area contributed by atoms with Gasteiger partial charge in [0.15, 0.2) is 0 Å². The van der Waals surface area contributed by atoms with Gasteiger partial charge in [-0.25, -0.2) is 13.1 Å². The van der Waals surface area contributed by atoms with Crippen molar-refractivity contribution in [3.05, 3.63) is 24.3 Å². The minimum atomic E-state index is -3.43. The predicted molar refractivity (Wildman–Crippen MR) is 81.6 cm³/mol. The SMILES string of the molecule is CCNCCC(=O)Nc1ccc(S(=O)(=O)NC2CC2)cc1. The summed E-state index contributed by atoms with van der Waals surface area (Å²) in [5.41, 5.74) is 0.599. The highest BCUT2D eigenvalue weighted by atomic mass is 32.2. The van der Waals surface area contributed by atoms with Crippen molar-refractivity contribution >= 4 is 21.6 Å². The van der Waals surface area contributed by atoms with Crippen LogP contribution in [0.5, 0.6) is 0 Å². The molecule has 1 aliphatic carbocycles. The van der Waals surface area contributed by atoms with E-state index in [0.29, 0.717) is 18.7 Å². The van der Waals surface area contributed by atoms with Gasteiger partial charge in [0.05, 0.1) is 4.90 Å². The van der Waals surface area contributed by atoms with E-state index in [1.54, 1.807) is 12.1 Å². The lowest BCUT2D eigenvalue weighted by molar-refractivity contribution is -0.116. The third kappa shape index (κ3) is 5.11. The maximum Gasteiger partial charge on any atom is 0.240 e. The van der Waals surface area contributed by atoms with Crippen LogP contribution >= 0.6 is 0 Å². The molecule has 3 N–H and O–H groups in total. The third-order valence-corrected chi connectivity index (χ3v) is 4.66. The molecule has 0 radical (unpaired) electrons. The van der Waals surface area contributed by atoms with Crippen LogP contribution in [-0.4, -0.2) is 33.5 Å². The molecule has 1 aliphatic rings. The molecule has 21 heavy (non-hydrogen) atoms. The monoisotopic (exact) mass is 311 g/mol. The van der Waals surface area contributed by atoms with E-state index in [1.165, 1.54) is 12.1 Å². The number of carbonyl (C=O) groups is 1. The number of anilines is 1. The van der Waals surface area contributed by atoms with Gasteiger partial charge in [-0.05, 0) is 43.7 Å². The average Bonchev–Trinajstić information content (AvgIpc) is 3.23. The fourth-order valence-corrected chi connectivity index (χ4v) is 3.11. The summed E-state index contributed by atoms with van der Waals surface area (Å²) in [4.78, 5) is 11.9. The van der Waals surface area contributed by atoms with Gasteiger partial charge in [-0.2, -0.15) is 0 Å². The van der Waals surface area contributed by atoms with E-state index >= 15 is 0 Å². The maximum atomic E-state index is 12.0. The summed E-state index contributed by atoms with van der Waals surface area (Å²) in [6, 6.07) is 6.30. The van der Waals surface area contributed by atoms with E-state index in [1.807, 2.05) is 6.92 Å². The van der Waals surface area contributed by atoms with Crippen molar-refractivity contribution in [1.29, 1.82) is 0 Å². The number of nitrogens with one attached hydrogen (secondary N) is 3. The Balaban J connectivity index is 1.90. The Morgan fingerprint density at radius 2 is 1.90 bits per heavy atom. The second-order valence-electron chi connectivity index (χ2n) is 5.07. The van der Waals surface area contributed by atoms with Crippen LogP contribution in [0.2, 0.25) is 0 Å². The second-order valence-corrected chi connectivity index (χ2v) is 6.79. The van der Waals surface area contributed by atoms with Gasteiger partial charge >= 0.3 is 0 Å². The molecule has 0 spiro atoms.